The van der Waals surface area contributed by atoms with Crippen molar-refractivity contribution >= 4 is 11.5 Å². The minimum atomic E-state index is -1.46. The van der Waals surface area contributed by atoms with Crippen molar-refractivity contribution in [3.8, 4) is 0 Å². The summed E-state index contributed by atoms with van der Waals surface area (Å²) in [4.78, 5) is 4.41. The molecule has 18 heavy (non-hydrogen) atoms. The molecule has 1 heterocycles. The van der Waals surface area contributed by atoms with E-state index in [4.69, 9.17) is 16.2 Å². The molecule has 0 aromatic heterocycles. The molecule has 1 aliphatic heterocycles. The standard InChI is InChI=1S/C13H16FN3O/c14-12-13(8-4-5-8,17-11(16)7-18-12)9-2-1-3-10(15)6-9/h1-3,6,8,12H,4-5,7,15H2,(H2,16,17). The maximum atomic E-state index is 14.4. The van der Waals surface area contributed by atoms with Crippen LogP contribution in [0.2, 0.25) is 0 Å². The van der Waals surface area contributed by atoms with E-state index in [0.717, 1.165) is 18.4 Å². The van der Waals surface area contributed by atoms with Gasteiger partial charge >= 0.3 is 0 Å². The molecule has 96 valence electrons. The van der Waals surface area contributed by atoms with Crippen LogP contribution >= 0.6 is 0 Å². The summed E-state index contributed by atoms with van der Waals surface area (Å²) < 4.78 is 19.5. The molecule has 0 saturated heterocycles. The van der Waals surface area contributed by atoms with Crippen LogP contribution in [-0.2, 0) is 10.3 Å². The Morgan fingerprint density at radius 1 is 1.33 bits per heavy atom. The van der Waals surface area contributed by atoms with Crippen molar-refractivity contribution < 1.29 is 9.13 Å². The molecule has 1 saturated carbocycles. The van der Waals surface area contributed by atoms with Gasteiger partial charge in [-0.3, -0.25) is 4.99 Å². The van der Waals surface area contributed by atoms with E-state index in [9.17, 15) is 4.39 Å². The van der Waals surface area contributed by atoms with E-state index in [1.54, 1.807) is 12.1 Å². The van der Waals surface area contributed by atoms with E-state index in [1.165, 1.54) is 0 Å². The third-order valence-corrected chi connectivity index (χ3v) is 3.60. The minimum Gasteiger partial charge on any atom is -0.399 e. The molecule has 2 aliphatic rings. The zero-order valence-corrected chi connectivity index (χ0v) is 9.97. The number of nitrogen functional groups attached to an aromatic ring is 1. The number of amidine groups is 1. The lowest BCUT2D eigenvalue weighted by Crippen LogP contribution is -2.46. The van der Waals surface area contributed by atoms with Gasteiger partial charge in [0, 0.05) is 5.69 Å². The van der Waals surface area contributed by atoms with Crippen LogP contribution in [0, 0.1) is 5.92 Å². The first kappa shape index (κ1) is 11.5. The van der Waals surface area contributed by atoms with Gasteiger partial charge in [-0.15, -0.1) is 0 Å². The van der Waals surface area contributed by atoms with Gasteiger partial charge in [-0.05, 0) is 36.5 Å². The Balaban J connectivity index is 2.14. The summed E-state index contributed by atoms with van der Waals surface area (Å²) in [5.41, 5.74) is 11.9. The van der Waals surface area contributed by atoms with E-state index in [0.29, 0.717) is 11.5 Å². The fraction of sp³-hybridized carbons (Fsp3) is 0.462. The van der Waals surface area contributed by atoms with E-state index < -0.39 is 11.9 Å². The van der Waals surface area contributed by atoms with Crippen molar-refractivity contribution in [2.45, 2.75) is 24.7 Å². The second kappa shape index (κ2) is 3.95. The lowest BCUT2D eigenvalue weighted by molar-refractivity contribution is -0.0930. The average Bonchev–Trinajstić information content (AvgIpc) is 3.17. The van der Waals surface area contributed by atoms with Crippen molar-refractivity contribution in [1.29, 1.82) is 0 Å². The highest BCUT2D eigenvalue weighted by atomic mass is 19.1. The molecule has 0 spiro atoms. The van der Waals surface area contributed by atoms with Crippen LogP contribution in [0.4, 0.5) is 10.1 Å². The van der Waals surface area contributed by atoms with Gasteiger partial charge in [0.05, 0.1) is 0 Å². The Hall–Kier alpha value is -1.62. The first-order valence-electron chi connectivity index (χ1n) is 6.09. The van der Waals surface area contributed by atoms with Crippen LogP contribution < -0.4 is 11.5 Å². The van der Waals surface area contributed by atoms with E-state index in [1.807, 2.05) is 12.1 Å². The maximum Gasteiger partial charge on any atom is 0.229 e. The summed E-state index contributed by atoms with van der Waals surface area (Å²) in [6, 6.07) is 7.18. The third kappa shape index (κ3) is 1.66. The zero-order valence-electron chi connectivity index (χ0n) is 9.97. The smallest absolute Gasteiger partial charge is 0.229 e. The minimum absolute atomic E-state index is 0.0535. The molecule has 1 aromatic carbocycles. The summed E-state index contributed by atoms with van der Waals surface area (Å²) in [5, 5.41) is 0. The Bertz CT molecular complexity index is 501. The van der Waals surface area contributed by atoms with Gasteiger partial charge in [-0.25, -0.2) is 4.39 Å². The predicted octanol–water partition coefficient (Wildman–Crippen LogP) is 1.56. The number of nitrogens with two attached hydrogens (primary N) is 2. The molecule has 1 aromatic rings. The molecule has 0 amide bonds. The number of anilines is 1. The Kier molecular flexibility index (Phi) is 2.52. The molecule has 2 unspecified atom stereocenters. The number of alkyl halides is 1. The van der Waals surface area contributed by atoms with Crippen LogP contribution in [0.25, 0.3) is 0 Å². The monoisotopic (exact) mass is 249 g/mol. The SMILES string of the molecule is NC1=NC(c2cccc(N)c2)(C2CC2)C(F)OC1. The third-order valence-electron chi connectivity index (χ3n) is 3.60. The summed E-state index contributed by atoms with van der Waals surface area (Å²) in [7, 11) is 0. The van der Waals surface area contributed by atoms with E-state index in [-0.39, 0.29) is 12.5 Å². The molecular weight excluding hydrogens is 233 g/mol. The highest BCUT2D eigenvalue weighted by Gasteiger charge is 2.55. The second-order valence-electron chi connectivity index (χ2n) is 4.96. The summed E-state index contributed by atoms with van der Waals surface area (Å²) in [6.45, 7) is 0.0535. The summed E-state index contributed by atoms with van der Waals surface area (Å²) >= 11 is 0. The molecule has 2 atom stereocenters. The van der Waals surface area contributed by atoms with Crippen molar-refractivity contribution in [3.63, 3.8) is 0 Å². The number of aliphatic imine (C=N–C) groups is 1. The highest BCUT2D eigenvalue weighted by molar-refractivity contribution is 5.83. The van der Waals surface area contributed by atoms with Crippen LogP contribution in [0.3, 0.4) is 0 Å². The van der Waals surface area contributed by atoms with Crippen molar-refractivity contribution in [3.05, 3.63) is 29.8 Å². The van der Waals surface area contributed by atoms with Gasteiger partial charge in [0.2, 0.25) is 6.36 Å². The van der Waals surface area contributed by atoms with E-state index in [2.05, 4.69) is 4.99 Å². The molecule has 4 N–H and O–H groups in total. The number of hydrogen-bond acceptors (Lipinski definition) is 4. The van der Waals surface area contributed by atoms with Crippen molar-refractivity contribution in [2.24, 2.45) is 16.6 Å². The van der Waals surface area contributed by atoms with Crippen molar-refractivity contribution in [1.82, 2.24) is 0 Å². The number of benzene rings is 1. The van der Waals surface area contributed by atoms with Crippen LogP contribution in [-0.4, -0.2) is 18.8 Å². The Labute approximate surface area is 105 Å². The Morgan fingerprint density at radius 2 is 2.11 bits per heavy atom. The first-order valence-corrected chi connectivity index (χ1v) is 6.09. The van der Waals surface area contributed by atoms with Gasteiger partial charge in [0.25, 0.3) is 0 Å². The molecule has 1 aliphatic carbocycles. The number of ether oxygens (including phenoxy) is 1. The lowest BCUT2D eigenvalue weighted by atomic mass is 9.84. The van der Waals surface area contributed by atoms with Crippen molar-refractivity contribution in [2.75, 3.05) is 12.3 Å². The van der Waals surface area contributed by atoms with Crippen LogP contribution in [0.5, 0.6) is 0 Å². The molecule has 4 nitrogen and oxygen atoms in total. The van der Waals surface area contributed by atoms with Gasteiger partial charge in [-0.1, -0.05) is 12.1 Å². The summed E-state index contributed by atoms with van der Waals surface area (Å²) in [5.74, 6) is 0.492. The first-order chi connectivity index (χ1) is 8.63. The van der Waals surface area contributed by atoms with Gasteiger partial charge < -0.3 is 16.2 Å². The average molecular weight is 249 g/mol. The fourth-order valence-corrected chi connectivity index (χ4v) is 2.63. The van der Waals surface area contributed by atoms with Gasteiger partial charge in [0.1, 0.15) is 18.0 Å². The second-order valence-corrected chi connectivity index (χ2v) is 4.96. The molecule has 5 heteroatoms. The van der Waals surface area contributed by atoms with Gasteiger partial charge in [0.15, 0.2) is 0 Å². The fourth-order valence-electron chi connectivity index (χ4n) is 2.63. The number of rotatable bonds is 2. The highest BCUT2D eigenvalue weighted by Crippen LogP contribution is 2.52. The topological polar surface area (TPSA) is 73.6 Å². The Morgan fingerprint density at radius 3 is 2.78 bits per heavy atom. The molecule has 1 fully saturated rings. The van der Waals surface area contributed by atoms with Crippen LogP contribution in [0.15, 0.2) is 29.3 Å². The quantitative estimate of drug-likeness (QED) is 0.781. The molecule has 0 radical (unpaired) electrons. The lowest BCUT2D eigenvalue weighted by Gasteiger charge is -2.37. The zero-order chi connectivity index (χ0) is 12.8. The van der Waals surface area contributed by atoms with Crippen LogP contribution in [0.1, 0.15) is 18.4 Å². The molecular formula is C13H16FN3O. The molecule has 0 bridgehead atoms. The number of hydrogen-bond donors (Lipinski definition) is 2. The largest absolute Gasteiger partial charge is 0.399 e. The number of nitrogens with zero attached hydrogens (tertiary/aromatic N) is 1. The maximum absolute atomic E-state index is 14.4. The summed E-state index contributed by atoms with van der Waals surface area (Å²) in [6.07, 6.45) is 0.421. The van der Waals surface area contributed by atoms with E-state index >= 15 is 0 Å². The predicted molar refractivity (Wildman–Crippen MR) is 67.7 cm³/mol. The molecule has 3 rings (SSSR count). The van der Waals surface area contributed by atoms with Gasteiger partial charge in [-0.2, -0.15) is 0 Å². The normalized spacial score (nSPS) is 32.1. The number of halogens is 1.